The van der Waals surface area contributed by atoms with Gasteiger partial charge in [-0.25, -0.2) is 4.79 Å². The van der Waals surface area contributed by atoms with E-state index in [9.17, 15) is 23.1 Å². The Balaban J connectivity index is 1.77. The van der Waals surface area contributed by atoms with Crippen LogP contribution in [-0.4, -0.2) is 78.5 Å². The zero-order chi connectivity index (χ0) is 29.3. The van der Waals surface area contributed by atoms with Crippen LogP contribution in [0.3, 0.4) is 0 Å². The molecule has 8 nitrogen and oxygen atoms in total. The smallest absolute Gasteiger partial charge is 0.392 e. The van der Waals surface area contributed by atoms with Gasteiger partial charge in [-0.1, -0.05) is 0 Å². The first kappa shape index (κ1) is 28.7. The molecule has 0 aliphatic carbocycles. The number of rotatable bonds is 8. The van der Waals surface area contributed by atoms with E-state index in [0.29, 0.717) is 46.2 Å². The van der Waals surface area contributed by atoms with Crippen molar-refractivity contribution in [3.05, 3.63) is 65.2 Å². The van der Waals surface area contributed by atoms with Crippen LogP contribution in [0.2, 0.25) is 0 Å². The average Bonchev–Trinajstić information content (AvgIpc) is 3.28. The van der Waals surface area contributed by atoms with Crippen molar-refractivity contribution in [2.75, 3.05) is 46.4 Å². The summed E-state index contributed by atoms with van der Waals surface area (Å²) >= 11 is 0. The maximum atomic E-state index is 13.3. The van der Waals surface area contributed by atoms with Crippen LogP contribution in [0.25, 0.3) is 21.7 Å². The molecule has 2 aromatic heterocycles. The molecule has 3 heterocycles. The van der Waals surface area contributed by atoms with Crippen molar-refractivity contribution >= 4 is 27.7 Å². The van der Waals surface area contributed by atoms with E-state index in [1.165, 1.54) is 12.1 Å². The molecule has 1 N–H and O–H groups in total. The topological polar surface area (TPSA) is 88.3 Å². The number of aryl methyl sites for hydroxylation is 1. The highest BCUT2D eigenvalue weighted by Crippen LogP contribution is 2.48. The quantitative estimate of drug-likeness (QED) is 0.264. The molecule has 2 aromatic carbocycles. The molecule has 1 fully saturated rings. The maximum Gasteiger partial charge on any atom is 0.392 e. The number of alkyl halides is 3. The van der Waals surface area contributed by atoms with Crippen molar-refractivity contribution in [3.63, 3.8) is 0 Å². The number of fused-ring (bicyclic) bond motifs is 3. The zero-order valence-corrected chi connectivity index (χ0v) is 23.1. The molecule has 0 bridgehead atoms. The largest absolute Gasteiger partial charge is 0.507 e. The minimum atomic E-state index is -4.35. The molecule has 1 aliphatic rings. The second-order valence-electron chi connectivity index (χ2n) is 10.2. The third-order valence-electron chi connectivity index (χ3n) is 7.43. The van der Waals surface area contributed by atoms with Crippen LogP contribution in [-0.2, 0) is 4.74 Å². The minimum absolute atomic E-state index is 0.0542. The highest BCUT2D eigenvalue weighted by molar-refractivity contribution is 6.17. The van der Waals surface area contributed by atoms with Gasteiger partial charge in [0, 0.05) is 60.3 Å². The van der Waals surface area contributed by atoms with E-state index < -0.39 is 31.2 Å². The van der Waals surface area contributed by atoms with Crippen molar-refractivity contribution in [1.82, 2.24) is 14.8 Å². The van der Waals surface area contributed by atoms with E-state index in [2.05, 4.69) is 21.8 Å². The van der Waals surface area contributed by atoms with Gasteiger partial charge in [0.2, 0.25) is 0 Å². The van der Waals surface area contributed by atoms with Crippen molar-refractivity contribution in [2.24, 2.45) is 0 Å². The van der Waals surface area contributed by atoms with Crippen LogP contribution in [0.5, 0.6) is 11.5 Å². The molecular weight excluding hydrogens is 539 g/mol. The van der Waals surface area contributed by atoms with E-state index in [1.807, 2.05) is 12.1 Å². The Labute approximate surface area is 235 Å². The van der Waals surface area contributed by atoms with Gasteiger partial charge in [-0.15, -0.1) is 0 Å². The van der Waals surface area contributed by atoms with Gasteiger partial charge in [0.25, 0.3) is 0 Å². The first-order valence-electron chi connectivity index (χ1n) is 13.5. The molecule has 1 atom stereocenters. The predicted molar refractivity (Wildman–Crippen MR) is 147 cm³/mol. The van der Waals surface area contributed by atoms with E-state index in [0.717, 1.165) is 18.7 Å². The van der Waals surface area contributed by atoms with Crippen LogP contribution in [0, 0.1) is 6.92 Å². The van der Waals surface area contributed by atoms with Gasteiger partial charge in [0.05, 0.1) is 25.7 Å². The van der Waals surface area contributed by atoms with Crippen molar-refractivity contribution in [1.29, 1.82) is 0 Å². The lowest BCUT2D eigenvalue weighted by atomic mass is 9.89. The number of phenolic OH excluding ortho intramolecular Hbond substituents is 1. The number of benzene rings is 2. The summed E-state index contributed by atoms with van der Waals surface area (Å²) < 4.78 is 55.1. The molecule has 5 rings (SSSR count). The Kier molecular flexibility index (Phi) is 8.10. The monoisotopic (exact) mass is 571 g/mol. The predicted octanol–water partition coefficient (Wildman–Crippen LogP) is 5.84. The zero-order valence-electron chi connectivity index (χ0n) is 23.1. The van der Waals surface area contributed by atoms with Crippen LogP contribution < -0.4 is 4.74 Å². The third kappa shape index (κ3) is 5.82. The van der Waals surface area contributed by atoms with Gasteiger partial charge in [-0.05, 0) is 56.8 Å². The van der Waals surface area contributed by atoms with Gasteiger partial charge in [-0.2, -0.15) is 13.2 Å². The average molecular weight is 572 g/mol. The second-order valence-corrected chi connectivity index (χ2v) is 10.2. The molecule has 1 saturated heterocycles. The number of phenols is 1. The lowest BCUT2D eigenvalue weighted by Crippen LogP contribution is -2.46. The lowest BCUT2D eigenvalue weighted by Gasteiger charge is -2.39. The minimum Gasteiger partial charge on any atom is -0.507 e. The van der Waals surface area contributed by atoms with E-state index in [-0.39, 0.29) is 23.7 Å². The molecule has 41 heavy (non-hydrogen) atoms. The van der Waals surface area contributed by atoms with Crippen LogP contribution in [0.15, 0.2) is 47.1 Å². The van der Waals surface area contributed by atoms with Crippen molar-refractivity contribution in [3.8, 4) is 11.5 Å². The SMILES string of the molecule is CCOC(=O)c1c(C)oc2c1c(C(c1ccncc1)N1CCN(C)CC1)c(O)c1ccc(OCCC(F)(F)F)cc12. The highest BCUT2D eigenvalue weighted by atomic mass is 19.4. The number of esters is 1. The van der Waals surface area contributed by atoms with E-state index >= 15 is 0 Å². The van der Waals surface area contributed by atoms with Gasteiger partial charge in [0.1, 0.15) is 28.4 Å². The number of aromatic hydroxyl groups is 1. The van der Waals surface area contributed by atoms with Gasteiger partial charge >= 0.3 is 12.1 Å². The first-order chi connectivity index (χ1) is 19.6. The molecule has 0 spiro atoms. The first-order valence-corrected chi connectivity index (χ1v) is 13.5. The highest BCUT2D eigenvalue weighted by Gasteiger charge is 2.35. The summed E-state index contributed by atoms with van der Waals surface area (Å²) in [4.78, 5) is 21.9. The summed E-state index contributed by atoms with van der Waals surface area (Å²) in [7, 11) is 2.05. The van der Waals surface area contributed by atoms with Crippen LogP contribution >= 0.6 is 0 Å². The molecule has 4 aromatic rings. The number of hydrogen-bond donors (Lipinski definition) is 1. The summed E-state index contributed by atoms with van der Waals surface area (Å²) in [6, 6.07) is 7.97. The second kappa shape index (κ2) is 11.6. The number of aromatic nitrogens is 1. The number of carbonyl (C=O) groups excluding carboxylic acids is 1. The summed E-state index contributed by atoms with van der Waals surface area (Å²) in [5.41, 5.74) is 1.89. The number of likely N-dealkylation sites (N-methyl/N-ethyl adjacent to an activating group) is 1. The number of furan rings is 1. The van der Waals surface area contributed by atoms with Gasteiger partial charge < -0.3 is 23.9 Å². The summed E-state index contributed by atoms with van der Waals surface area (Å²) in [5, 5.41) is 13.2. The Bertz CT molecular complexity index is 1550. The number of nitrogens with zero attached hydrogens (tertiary/aromatic N) is 3. The fraction of sp³-hybridized carbons (Fsp3) is 0.400. The van der Waals surface area contributed by atoms with Crippen molar-refractivity contribution in [2.45, 2.75) is 32.5 Å². The van der Waals surface area contributed by atoms with Gasteiger partial charge in [-0.3, -0.25) is 9.88 Å². The van der Waals surface area contributed by atoms with Crippen LogP contribution in [0.4, 0.5) is 13.2 Å². The molecule has 11 heteroatoms. The number of ether oxygens (including phenoxy) is 2. The standard InChI is InChI=1S/C30H32F3N3O5/c1-4-39-29(38)23-18(2)41-28-22-17-20(40-16-9-30(31,32)33)5-6-21(22)27(37)25(24(23)28)26(19-7-10-34-11-8-19)36-14-12-35(3)13-15-36/h5-8,10-11,17,26,37H,4,9,12-16H2,1-3H3. The summed E-state index contributed by atoms with van der Waals surface area (Å²) in [5.74, 6) is -0.150. The molecule has 0 saturated carbocycles. The fourth-order valence-electron chi connectivity index (χ4n) is 5.45. The number of pyridine rings is 1. The Hall–Kier alpha value is -3.83. The molecule has 1 unspecified atom stereocenters. The molecular formula is C30H32F3N3O5. The van der Waals surface area contributed by atoms with Gasteiger partial charge in [0.15, 0.2) is 0 Å². The Morgan fingerprint density at radius 2 is 1.83 bits per heavy atom. The Morgan fingerprint density at radius 3 is 2.49 bits per heavy atom. The molecule has 0 amide bonds. The summed E-state index contributed by atoms with van der Waals surface area (Å²) in [6.45, 7) is 5.99. The Morgan fingerprint density at radius 1 is 1.12 bits per heavy atom. The third-order valence-corrected chi connectivity index (χ3v) is 7.43. The normalized spacial score (nSPS) is 15.9. The molecule has 0 radical (unpaired) electrons. The number of piperazine rings is 1. The summed E-state index contributed by atoms with van der Waals surface area (Å²) in [6.07, 6.45) is -2.08. The number of hydrogen-bond acceptors (Lipinski definition) is 8. The van der Waals surface area contributed by atoms with Crippen LogP contribution in [0.1, 0.15) is 46.6 Å². The van der Waals surface area contributed by atoms with E-state index in [4.69, 9.17) is 13.9 Å². The molecule has 218 valence electrons. The maximum absolute atomic E-state index is 13.3. The lowest BCUT2D eigenvalue weighted by molar-refractivity contribution is -0.139. The fourth-order valence-corrected chi connectivity index (χ4v) is 5.45. The number of carbonyl (C=O) groups is 1. The van der Waals surface area contributed by atoms with E-state index in [1.54, 1.807) is 32.3 Å². The molecule has 1 aliphatic heterocycles. The van der Waals surface area contributed by atoms with Crippen molar-refractivity contribution < 1.29 is 37.0 Å². The number of halogens is 3.